The monoisotopic (exact) mass is 279 g/mol. The van der Waals surface area contributed by atoms with E-state index in [0.717, 1.165) is 0 Å². The number of ether oxygens (including phenoxy) is 1. The molecule has 0 N–H and O–H groups in total. The van der Waals surface area contributed by atoms with E-state index >= 15 is 0 Å². The van der Waals surface area contributed by atoms with Gasteiger partial charge in [0.1, 0.15) is 16.7 Å². The van der Waals surface area contributed by atoms with Crippen LogP contribution in [-0.2, 0) is 0 Å². The largest absolute Gasteiger partial charge is 0.494 e. The minimum Gasteiger partial charge on any atom is -0.494 e. The normalized spacial score (nSPS) is 10.3. The first kappa shape index (κ1) is 13.5. The second-order valence-electron chi connectivity index (χ2n) is 3.95. The van der Waals surface area contributed by atoms with E-state index in [2.05, 4.69) is 4.98 Å². The van der Waals surface area contributed by atoms with Crippen LogP contribution in [0.3, 0.4) is 0 Å². The van der Waals surface area contributed by atoms with Crippen molar-refractivity contribution < 1.29 is 13.9 Å². The maximum absolute atomic E-state index is 13.4. The Hall–Kier alpha value is -1.94. The molecule has 5 heteroatoms. The van der Waals surface area contributed by atoms with Crippen LogP contribution in [0.1, 0.15) is 17.3 Å². The van der Waals surface area contributed by atoms with E-state index in [0.29, 0.717) is 22.4 Å². The molecule has 0 atom stereocenters. The minimum atomic E-state index is -0.435. The number of ketones is 1. The maximum atomic E-state index is 13.4. The zero-order valence-electron chi connectivity index (χ0n) is 10.4. The Morgan fingerprint density at radius 2 is 2.05 bits per heavy atom. The number of benzene rings is 1. The number of carbonyl (C=O) groups excluding carboxylic acids is 1. The topological polar surface area (TPSA) is 39.2 Å². The van der Waals surface area contributed by atoms with Gasteiger partial charge in [0, 0.05) is 11.1 Å². The molecule has 98 valence electrons. The lowest BCUT2D eigenvalue weighted by molar-refractivity contribution is 0.101. The Bertz CT molecular complexity index is 643. The fourth-order valence-corrected chi connectivity index (χ4v) is 1.99. The van der Waals surface area contributed by atoms with Gasteiger partial charge in [-0.1, -0.05) is 11.6 Å². The highest BCUT2D eigenvalue weighted by atomic mass is 35.5. The smallest absolute Gasteiger partial charge is 0.160 e. The Kier molecular flexibility index (Phi) is 3.81. The van der Waals surface area contributed by atoms with Crippen LogP contribution in [0.4, 0.5) is 4.39 Å². The molecule has 3 nitrogen and oxygen atoms in total. The molecule has 19 heavy (non-hydrogen) atoms. The van der Waals surface area contributed by atoms with Crippen molar-refractivity contribution >= 4 is 17.4 Å². The van der Waals surface area contributed by atoms with Gasteiger partial charge in [0.25, 0.3) is 0 Å². The molecule has 0 saturated carbocycles. The lowest BCUT2D eigenvalue weighted by Crippen LogP contribution is -1.99. The highest BCUT2D eigenvalue weighted by Gasteiger charge is 2.15. The van der Waals surface area contributed by atoms with Crippen molar-refractivity contribution in [1.82, 2.24) is 4.98 Å². The van der Waals surface area contributed by atoms with E-state index in [1.165, 1.54) is 38.4 Å². The van der Waals surface area contributed by atoms with Crippen molar-refractivity contribution in [3.63, 3.8) is 0 Å². The number of methoxy groups -OCH3 is 1. The number of halogens is 2. The van der Waals surface area contributed by atoms with Crippen LogP contribution >= 0.6 is 11.6 Å². The summed E-state index contributed by atoms with van der Waals surface area (Å²) in [6, 6.07) is 5.52. The summed E-state index contributed by atoms with van der Waals surface area (Å²) in [5.74, 6) is -0.169. The van der Waals surface area contributed by atoms with Gasteiger partial charge in [0.2, 0.25) is 0 Å². The predicted octanol–water partition coefficient (Wildman–Crippen LogP) is 3.75. The van der Waals surface area contributed by atoms with Gasteiger partial charge in [-0.25, -0.2) is 9.37 Å². The summed E-state index contributed by atoms with van der Waals surface area (Å²) in [6.07, 6.45) is 1.44. The predicted molar refractivity (Wildman–Crippen MR) is 71.2 cm³/mol. The Morgan fingerprint density at radius 1 is 1.32 bits per heavy atom. The first-order valence-corrected chi connectivity index (χ1v) is 5.91. The number of aromatic nitrogens is 1. The second kappa shape index (κ2) is 5.36. The van der Waals surface area contributed by atoms with Crippen molar-refractivity contribution in [2.24, 2.45) is 0 Å². The highest BCUT2D eigenvalue weighted by Crippen LogP contribution is 2.34. The van der Waals surface area contributed by atoms with Crippen LogP contribution in [0.2, 0.25) is 5.15 Å². The number of Topliss-reactive ketones (excluding diaryl/α,β-unsaturated/α-hetero) is 1. The van der Waals surface area contributed by atoms with E-state index in [1.54, 1.807) is 6.07 Å². The van der Waals surface area contributed by atoms with Crippen molar-refractivity contribution in [3.05, 3.63) is 47.0 Å². The van der Waals surface area contributed by atoms with Gasteiger partial charge in [-0.15, -0.1) is 0 Å². The number of hydrogen-bond acceptors (Lipinski definition) is 3. The molecule has 1 aromatic carbocycles. The lowest BCUT2D eigenvalue weighted by Gasteiger charge is -2.11. The summed E-state index contributed by atoms with van der Waals surface area (Å²) in [7, 11) is 1.47. The van der Waals surface area contributed by atoms with E-state index in [4.69, 9.17) is 16.3 Å². The molecule has 2 rings (SSSR count). The van der Waals surface area contributed by atoms with Gasteiger partial charge in [0.15, 0.2) is 5.78 Å². The Morgan fingerprint density at radius 3 is 2.68 bits per heavy atom. The van der Waals surface area contributed by atoms with Gasteiger partial charge in [-0.2, -0.15) is 0 Å². The molecule has 0 aliphatic carbocycles. The molecule has 1 aromatic heterocycles. The fourth-order valence-electron chi connectivity index (χ4n) is 1.84. The molecule has 1 heterocycles. The molecule has 0 bridgehead atoms. The van der Waals surface area contributed by atoms with Gasteiger partial charge < -0.3 is 4.74 Å². The van der Waals surface area contributed by atoms with Crippen LogP contribution in [0.5, 0.6) is 5.75 Å². The number of hydrogen-bond donors (Lipinski definition) is 0. The van der Waals surface area contributed by atoms with Crippen molar-refractivity contribution in [2.45, 2.75) is 6.92 Å². The minimum absolute atomic E-state index is 0.162. The highest BCUT2D eigenvalue weighted by molar-refractivity contribution is 6.29. The molecule has 0 amide bonds. The van der Waals surface area contributed by atoms with E-state index in [-0.39, 0.29) is 10.9 Å². The van der Waals surface area contributed by atoms with Crippen LogP contribution in [0.25, 0.3) is 11.1 Å². The second-order valence-corrected chi connectivity index (χ2v) is 4.34. The van der Waals surface area contributed by atoms with Crippen molar-refractivity contribution in [3.8, 4) is 16.9 Å². The van der Waals surface area contributed by atoms with Crippen LogP contribution in [-0.4, -0.2) is 17.9 Å². The van der Waals surface area contributed by atoms with Crippen LogP contribution < -0.4 is 4.74 Å². The summed E-state index contributed by atoms with van der Waals surface area (Å²) < 4.78 is 18.6. The zero-order chi connectivity index (χ0) is 14.0. The van der Waals surface area contributed by atoms with E-state index in [9.17, 15) is 9.18 Å². The Labute approximate surface area is 115 Å². The molecule has 2 aromatic rings. The van der Waals surface area contributed by atoms with Crippen molar-refractivity contribution in [1.29, 1.82) is 0 Å². The standard InChI is InChI=1S/C14H11ClFNO2/c1-8(18)10-4-3-9(16)5-11(10)12-6-14(15)17-7-13(12)19-2/h3-7H,1-2H3. The molecule has 0 spiro atoms. The number of rotatable bonds is 3. The molecular formula is C14H11ClFNO2. The number of carbonyl (C=O) groups is 1. The van der Waals surface area contributed by atoms with Gasteiger partial charge >= 0.3 is 0 Å². The van der Waals surface area contributed by atoms with Crippen molar-refractivity contribution in [2.75, 3.05) is 7.11 Å². The van der Waals surface area contributed by atoms with Gasteiger partial charge in [-0.3, -0.25) is 4.79 Å². The number of pyridine rings is 1. The number of nitrogens with zero attached hydrogens (tertiary/aromatic N) is 1. The third-order valence-corrected chi connectivity index (χ3v) is 2.91. The average Bonchev–Trinajstić information content (AvgIpc) is 2.38. The summed E-state index contributed by atoms with van der Waals surface area (Å²) in [4.78, 5) is 15.5. The fraction of sp³-hybridized carbons (Fsp3) is 0.143. The molecule has 0 aliphatic heterocycles. The summed E-state index contributed by atoms with van der Waals surface area (Å²) in [5.41, 5.74) is 1.38. The van der Waals surface area contributed by atoms with Crippen LogP contribution in [0.15, 0.2) is 30.5 Å². The third-order valence-electron chi connectivity index (χ3n) is 2.71. The van der Waals surface area contributed by atoms with E-state index in [1.807, 2.05) is 0 Å². The molecular weight excluding hydrogens is 269 g/mol. The molecule has 0 fully saturated rings. The lowest BCUT2D eigenvalue weighted by atomic mass is 9.97. The van der Waals surface area contributed by atoms with E-state index < -0.39 is 5.82 Å². The summed E-state index contributed by atoms with van der Waals surface area (Å²) in [6.45, 7) is 1.42. The quantitative estimate of drug-likeness (QED) is 0.634. The molecule has 0 radical (unpaired) electrons. The van der Waals surface area contributed by atoms with Gasteiger partial charge in [-0.05, 0) is 36.8 Å². The third kappa shape index (κ3) is 2.74. The molecule has 0 saturated heterocycles. The zero-order valence-corrected chi connectivity index (χ0v) is 11.2. The first-order valence-electron chi connectivity index (χ1n) is 5.53. The Balaban J connectivity index is 2.73. The summed E-state index contributed by atoms with van der Waals surface area (Å²) in [5, 5.41) is 0.245. The summed E-state index contributed by atoms with van der Waals surface area (Å²) >= 11 is 5.85. The molecule has 0 aliphatic rings. The maximum Gasteiger partial charge on any atom is 0.160 e. The average molecular weight is 280 g/mol. The molecule has 0 unspecified atom stereocenters. The first-order chi connectivity index (χ1) is 9.02. The van der Waals surface area contributed by atoms with Crippen LogP contribution in [0, 0.1) is 5.82 Å². The SMILES string of the molecule is COc1cnc(Cl)cc1-c1cc(F)ccc1C(C)=O. The van der Waals surface area contributed by atoms with Gasteiger partial charge in [0.05, 0.1) is 13.3 Å².